The number of aromatic amines is 1. The highest BCUT2D eigenvalue weighted by Crippen LogP contribution is 2.18. The van der Waals surface area contributed by atoms with Crippen LogP contribution in [0.2, 0.25) is 5.02 Å². The van der Waals surface area contributed by atoms with Gasteiger partial charge in [0.2, 0.25) is 5.82 Å². The van der Waals surface area contributed by atoms with E-state index in [2.05, 4.69) is 20.5 Å². The molecule has 100 valence electrons. The van der Waals surface area contributed by atoms with Gasteiger partial charge in [-0.1, -0.05) is 38.4 Å². The molecule has 0 aliphatic carbocycles. The van der Waals surface area contributed by atoms with Crippen LogP contribution < -0.4 is 5.32 Å². The highest BCUT2D eigenvalue weighted by Gasteiger charge is 2.21. The van der Waals surface area contributed by atoms with Crippen molar-refractivity contribution in [1.82, 2.24) is 15.2 Å². The quantitative estimate of drug-likeness (QED) is 0.887. The fourth-order valence-corrected chi connectivity index (χ4v) is 1.64. The van der Waals surface area contributed by atoms with Crippen molar-refractivity contribution in [2.24, 2.45) is 0 Å². The Kier molecular flexibility index (Phi) is 3.57. The summed E-state index contributed by atoms with van der Waals surface area (Å²) < 4.78 is 0. The molecule has 1 amide bonds. The van der Waals surface area contributed by atoms with Crippen molar-refractivity contribution in [3.8, 4) is 0 Å². The molecule has 0 aliphatic heterocycles. The molecule has 0 spiro atoms. The van der Waals surface area contributed by atoms with Gasteiger partial charge in [0, 0.05) is 16.1 Å². The van der Waals surface area contributed by atoms with Gasteiger partial charge in [0.15, 0.2) is 0 Å². The minimum atomic E-state index is -0.367. The lowest BCUT2D eigenvalue weighted by molar-refractivity contribution is 0.101. The second-order valence-corrected chi connectivity index (χ2v) is 5.66. The molecule has 0 saturated heterocycles. The Hall–Kier alpha value is -1.88. The van der Waals surface area contributed by atoms with Crippen LogP contribution in [0, 0.1) is 0 Å². The molecule has 0 fully saturated rings. The zero-order valence-electron chi connectivity index (χ0n) is 11.0. The van der Waals surface area contributed by atoms with Crippen molar-refractivity contribution in [2.45, 2.75) is 26.2 Å². The van der Waals surface area contributed by atoms with Gasteiger partial charge in [-0.25, -0.2) is 4.98 Å². The average molecular weight is 279 g/mol. The van der Waals surface area contributed by atoms with E-state index in [4.69, 9.17) is 11.6 Å². The van der Waals surface area contributed by atoms with E-state index in [-0.39, 0.29) is 17.1 Å². The largest absolute Gasteiger partial charge is 0.319 e. The topological polar surface area (TPSA) is 70.7 Å². The number of benzene rings is 1. The van der Waals surface area contributed by atoms with Crippen molar-refractivity contribution in [1.29, 1.82) is 0 Å². The van der Waals surface area contributed by atoms with Gasteiger partial charge in [0.1, 0.15) is 5.82 Å². The zero-order valence-corrected chi connectivity index (χ0v) is 11.7. The number of halogens is 1. The highest BCUT2D eigenvalue weighted by molar-refractivity contribution is 6.30. The predicted octanol–water partition coefficient (Wildman–Crippen LogP) is 3.01. The van der Waals surface area contributed by atoms with E-state index >= 15 is 0 Å². The molecule has 2 aromatic rings. The summed E-state index contributed by atoms with van der Waals surface area (Å²) in [5.41, 5.74) is 0.432. The van der Waals surface area contributed by atoms with E-state index < -0.39 is 0 Å². The molecule has 1 heterocycles. The van der Waals surface area contributed by atoms with Crippen molar-refractivity contribution >= 4 is 23.2 Å². The first-order chi connectivity index (χ1) is 8.86. The summed E-state index contributed by atoms with van der Waals surface area (Å²) in [4.78, 5) is 16.2. The molecule has 0 bridgehead atoms. The number of rotatable bonds is 2. The molecule has 0 atom stereocenters. The summed E-state index contributed by atoms with van der Waals surface area (Å²) in [6.45, 7) is 5.98. The normalized spacial score (nSPS) is 11.4. The molecule has 6 heteroatoms. The number of amides is 1. The van der Waals surface area contributed by atoms with Gasteiger partial charge >= 0.3 is 0 Å². The van der Waals surface area contributed by atoms with Crippen LogP contribution in [0.25, 0.3) is 0 Å². The number of hydrogen-bond donors (Lipinski definition) is 2. The van der Waals surface area contributed by atoms with Gasteiger partial charge in [0.25, 0.3) is 5.91 Å². The van der Waals surface area contributed by atoms with Gasteiger partial charge < -0.3 is 5.32 Å². The van der Waals surface area contributed by atoms with Gasteiger partial charge in [-0.15, -0.1) is 5.10 Å². The summed E-state index contributed by atoms with van der Waals surface area (Å²) in [6.07, 6.45) is 0. The summed E-state index contributed by atoms with van der Waals surface area (Å²) in [6, 6.07) is 6.91. The van der Waals surface area contributed by atoms with E-state index in [1.54, 1.807) is 24.3 Å². The Balaban J connectivity index is 2.14. The second-order valence-electron chi connectivity index (χ2n) is 5.22. The number of aromatic nitrogens is 3. The third-order valence-electron chi connectivity index (χ3n) is 2.48. The lowest BCUT2D eigenvalue weighted by Crippen LogP contribution is -2.16. The van der Waals surface area contributed by atoms with Crippen LogP contribution in [0.4, 0.5) is 5.69 Å². The maximum Gasteiger partial charge on any atom is 0.295 e. The monoisotopic (exact) mass is 278 g/mol. The summed E-state index contributed by atoms with van der Waals surface area (Å²) in [5, 5.41) is 9.95. The van der Waals surface area contributed by atoms with Crippen LogP contribution in [0.15, 0.2) is 24.3 Å². The lowest BCUT2D eigenvalue weighted by atomic mass is 9.96. The van der Waals surface area contributed by atoms with Crippen LogP contribution in [0.1, 0.15) is 37.2 Å². The van der Waals surface area contributed by atoms with Crippen molar-refractivity contribution in [3.05, 3.63) is 40.9 Å². The fraction of sp³-hybridized carbons (Fsp3) is 0.308. The summed E-state index contributed by atoms with van der Waals surface area (Å²) in [5.74, 6) is 0.419. The third kappa shape index (κ3) is 3.32. The predicted molar refractivity (Wildman–Crippen MR) is 74.5 cm³/mol. The Labute approximate surface area is 116 Å². The van der Waals surface area contributed by atoms with Crippen LogP contribution >= 0.6 is 11.6 Å². The standard InChI is InChI=1S/C13H15ClN4O/c1-13(2,3)12-16-10(17-18-12)11(19)15-9-6-4-5-8(14)7-9/h4-7H,1-3H3,(H,15,19)(H,16,17,18). The van der Waals surface area contributed by atoms with Gasteiger partial charge in [-0.2, -0.15) is 0 Å². The molecular weight excluding hydrogens is 264 g/mol. The molecule has 19 heavy (non-hydrogen) atoms. The fourth-order valence-electron chi connectivity index (χ4n) is 1.45. The van der Waals surface area contributed by atoms with Crippen LogP contribution in [-0.4, -0.2) is 21.1 Å². The highest BCUT2D eigenvalue weighted by atomic mass is 35.5. The zero-order chi connectivity index (χ0) is 14.0. The lowest BCUT2D eigenvalue weighted by Gasteiger charge is -2.12. The average Bonchev–Trinajstić information content (AvgIpc) is 2.77. The SMILES string of the molecule is CC(C)(C)c1nc(C(=O)Nc2cccc(Cl)c2)n[nH]1. The summed E-state index contributed by atoms with van der Waals surface area (Å²) in [7, 11) is 0. The maximum absolute atomic E-state index is 12.0. The van der Waals surface area contributed by atoms with Crippen LogP contribution in [0.3, 0.4) is 0 Å². The van der Waals surface area contributed by atoms with Crippen molar-refractivity contribution in [3.63, 3.8) is 0 Å². The molecule has 5 nitrogen and oxygen atoms in total. The van der Waals surface area contributed by atoms with Crippen LogP contribution in [0.5, 0.6) is 0 Å². The summed E-state index contributed by atoms with van der Waals surface area (Å²) >= 11 is 5.85. The van der Waals surface area contributed by atoms with Gasteiger partial charge in [-0.3, -0.25) is 9.89 Å². The molecule has 0 aliphatic rings. The molecule has 1 aromatic carbocycles. The molecule has 1 aromatic heterocycles. The minimum absolute atomic E-state index is 0.116. The molecule has 0 saturated carbocycles. The van der Waals surface area contributed by atoms with Crippen LogP contribution in [-0.2, 0) is 5.41 Å². The maximum atomic E-state index is 12.0. The molecule has 0 unspecified atom stereocenters. The molecular formula is C13H15ClN4O. The Morgan fingerprint density at radius 3 is 2.68 bits per heavy atom. The smallest absolute Gasteiger partial charge is 0.295 e. The number of nitrogens with one attached hydrogen (secondary N) is 2. The first kappa shape index (κ1) is 13.5. The number of nitrogens with zero attached hydrogens (tertiary/aromatic N) is 2. The first-order valence-corrected chi connectivity index (χ1v) is 6.24. The Morgan fingerprint density at radius 1 is 1.37 bits per heavy atom. The first-order valence-electron chi connectivity index (χ1n) is 5.86. The molecule has 0 radical (unpaired) electrons. The second kappa shape index (κ2) is 5.01. The third-order valence-corrected chi connectivity index (χ3v) is 2.72. The van der Waals surface area contributed by atoms with Crippen molar-refractivity contribution < 1.29 is 4.79 Å². The minimum Gasteiger partial charge on any atom is -0.319 e. The molecule has 2 rings (SSSR count). The van der Waals surface area contributed by atoms with Gasteiger partial charge in [-0.05, 0) is 18.2 Å². The van der Waals surface area contributed by atoms with E-state index in [0.29, 0.717) is 16.5 Å². The number of anilines is 1. The molecule has 2 N–H and O–H groups in total. The van der Waals surface area contributed by atoms with Gasteiger partial charge in [0.05, 0.1) is 0 Å². The van der Waals surface area contributed by atoms with E-state index in [1.807, 2.05) is 20.8 Å². The van der Waals surface area contributed by atoms with E-state index in [0.717, 1.165) is 0 Å². The Morgan fingerprint density at radius 2 is 2.11 bits per heavy atom. The van der Waals surface area contributed by atoms with Crippen molar-refractivity contribution in [2.75, 3.05) is 5.32 Å². The van der Waals surface area contributed by atoms with E-state index in [1.165, 1.54) is 0 Å². The number of carbonyl (C=O) groups excluding carboxylic acids is 1. The Bertz CT molecular complexity index is 601. The number of H-pyrrole nitrogens is 1. The number of carbonyl (C=O) groups is 1. The number of hydrogen-bond acceptors (Lipinski definition) is 3. The van der Waals surface area contributed by atoms with E-state index in [9.17, 15) is 4.79 Å².